The van der Waals surface area contributed by atoms with E-state index in [2.05, 4.69) is 27.7 Å². The van der Waals surface area contributed by atoms with Gasteiger partial charge in [-0.3, -0.25) is 0 Å². The van der Waals surface area contributed by atoms with Gasteiger partial charge in [-0.15, -0.1) is 0 Å². The molecule has 0 heterocycles. The summed E-state index contributed by atoms with van der Waals surface area (Å²) in [5.41, 5.74) is 0.651. The van der Waals surface area contributed by atoms with Crippen LogP contribution in [0.2, 0.25) is 0 Å². The van der Waals surface area contributed by atoms with E-state index in [0.29, 0.717) is 52.9 Å². The fourth-order valence-corrected chi connectivity index (χ4v) is 9.55. The summed E-state index contributed by atoms with van der Waals surface area (Å²) in [5, 5.41) is 31.4. The van der Waals surface area contributed by atoms with E-state index < -0.39 is 0 Å². The summed E-state index contributed by atoms with van der Waals surface area (Å²) in [6, 6.07) is 0. The Morgan fingerprint density at radius 3 is 2.31 bits per heavy atom. The molecule has 3 N–H and O–H groups in total. The van der Waals surface area contributed by atoms with Gasteiger partial charge in [0, 0.05) is 6.61 Å². The lowest BCUT2D eigenvalue weighted by Crippen LogP contribution is -2.62. The minimum Gasteiger partial charge on any atom is -0.396 e. The van der Waals surface area contributed by atoms with E-state index in [9.17, 15) is 15.3 Å². The molecule has 3 heteroatoms. The van der Waals surface area contributed by atoms with E-state index in [4.69, 9.17) is 0 Å². The molecule has 0 radical (unpaired) electrons. The molecule has 168 valence electrons. The Morgan fingerprint density at radius 1 is 0.931 bits per heavy atom. The van der Waals surface area contributed by atoms with Crippen LogP contribution in [-0.4, -0.2) is 34.1 Å². The van der Waals surface area contributed by atoms with Crippen molar-refractivity contribution >= 4 is 0 Å². The van der Waals surface area contributed by atoms with Gasteiger partial charge in [0.25, 0.3) is 0 Å². The number of hydrogen-bond acceptors (Lipinski definition) is 3. The number of fused-ring (bicyclic) bond motifs is 5. The molecule has 0 aromatic carbocycles. The van der Waals surface area contributed by atoms with Gasteiger partial charge in [0.2, 0.25) is 0 Å². The Morgan fingerprint density at radius 2 is 1.62 bits per heavy atom. The van der Waals surface area contributed by atoms with Gasteiger partial charge in [0.15, 0.2) is 0 Å². The fraction of sp³-hybridized carbons (Fsp3) is 1.00. The zero-order valence-electron chi connectivity index (χ0n) is 19.3. The minimum atomic E-state index is -0.190. The second kappa shape index (κ2) is 8.10. The molecule has 29 heavy (non-hydrogen) atoms. The third-order valence-corrected chi connectivity index (χ3v) is 11.0. The number of rotatable bonds is 5. The highest BCUT2D eigenvalue weighted by Gasteiger charge is 2.64. The summed E-state index contributed by atoms with van der Waals surface area (Å²) in [6.07, 6.45) is 10.9. The molecule has 3 unspecified atom stereocenters. The molecule has 3 nitrogen and oxygen atoms in total. The van der Waals surface area contributed by atoms with Crippen molar-refractivity contribution in [3.05, 3.63) is 0 Å². The lowest BCUT2D eigenvalue weighted by molar-refractivity contribution is -0.203. The first-order valence-corrected chi connectivity index (χ1v) is 12.7. The first-order chi connectivity index (χ1) is 13.8. The summed E-state index contributed by atoms with van der Waals surface area (Å²) in [7, 11) is 0. The molecule has 0 amide bonds. The van der Waals surface area contributed by atoms with Crippen LogP contribution < -0.4 is 0 Å². The standard InChI is InChI=1S/C26H46O3/c1-5-18-22-15-17(28)10-12-26(22,4)21-11-13-25(3)19(16(2)7-6-14-27)8-9-20(25)23(21)24(18)29/h16-24,27-29H,5-15H2,1-4H3/t16-,17-,18-,19-,20+,21+,22?,23?,24-,25?,26+/m1/s1. The van der Waals surface area contributed by atoms with Gasteiger partial charge in [0.1, 0.15) is 0 Å². The maximum absolute atomic E-state index is 11.7. The monoisotopic (exact) mass is 406 g/mol. The zero-order valence-corrected chi connectivity index (χ0v) is 19.3. The maximum Gasteiger partial charge on any atom is 0.0605 e. The molecular formula is C26H46O3. The second-order valence-corrected chi connectivity index (χ2v) is 12.0. The van der Waals surface area contributed by atoms with Crippen LogP contribution in [0, 0.1) is 52.3 Å². The van der Waals surface area contributed by atoms with Crippen LogP contribution in [-0.2, 0) is 0 Å². The van der Waals surface area contributed by atoms with E-state index in [1.54, 1.807) is 0 Å². The summed E-state index contributed by atoms with van der Waals surface area (Å²) >= 11 is 0. The van der Waals surface area contributed by atoms with Crippen LogP contribution >= 0.6 is 0 Å². The third-order valence-electron chi connectivity index (χ3n) is 11.0. The number of aliphatic hydroxyl groups is 3. The quantitative estimate of drug-likeness (QED) is 0.601. The molecule has 4 saturated carbocycles. The van der Waals surface area contributed by atoms with Crippen LogP contribution in [0.3, 0.4) is 0 Å². The van der Waals surface area contributed by atoms with Crippen molar-refractivity contribution in [3.63, 3.8) is 0 Å². The average Bonchev–Trinajstić information content (AvgIpc) is 3.05. The molecule has 4 fully saturated rings. The molecule has 0 aromatic rings. The third kappa shape index (κ3) is 3.33. The van der Waals surface area contributed by atoms with Crippen molar-refractivity contribution in [3.8, 4) is 0 Å². The van der Waals surface area contributed by atoms with Gasteiger partial charge in [-0.2, -0.15) is 0 Å². The topological polar surface area (TPSA) is 60.7 Å². The van der Waals surface area contributed by atoms with Crippen LogP contribution in [0.5, 0.6) is 0 Å². The fourth-order valence-electron chi connectivity index (χ4n) is 9.55. The van der Waals surface area contributed by atoms with Crippen molar-refractivity contribution in [2.45, 2.75) is 104 Å². The van der Waals surface area contributed by atoms with E-state index >= 15 is 0 Å². The van der Waals surface area contributed by atoms with Gasteiger partial charge >= 0.3 is 0 Å². The van der Waals surface area contributed by atoms with Crippen molar-refractivity contribution < 1.29 is 15.3 Å². The van der Waals surface area contributed by atoms with Gasteiger partial charge in [-0.25, -0.2) is 0 Å². The second-order valence-electron chi connectivity index (χ2n) is 12.0. The van der Waals surface area contributed by atoms with Crippen LogP contribution in [0.15, 0.2) is 0 Å². The first-order valence-electron chi connectivity index (χ1n) is 12.7. The van der Waals surface area contributed by atoms with E-state index in [0.717, 1.165) is 44.4 Å². The molecule has 0 bridgehead atoms. The van der Waals surface area contributed by atoms with E-state index in [1.165, 1.54) is 25.7 Å². The average molecular weight is 407 g/mol. The predicted octanol–water partition coefficient (Wildman–Crippen LogP) is 5.02. The minimum absolute atomic E-state index is 0.164. The highest BCUT2D eigenvalue weighted by atomic mass is 16.3. The SMILES string of the molecule is CC[C@@H]1C2C[C@H](O)CC[C@@]2(C)[C@H]2CCC3(C)[C@@H]([C@H](C)CCCO)CC[C@H]3C2[C@@H]1O. The molecular weight excluding hydrogens is 360 g/mol. The molecule has 4 aliphatic rings. The Kier molecular flexibility index (Phi) is 6.17. The summed E-state index contributed by atoms with van der Waals surface area (Å²) in [5.74, 6) is 3.97. The van der Waals surface area contributed by atoms with Gasteiger partial charge in [-0.05, 0) is 110 Å². The number of hydrogen-bond donors (Lipinski definition) is 3. The normalized spacial score (nSPS) is 53.1. The summed E-state index contributed by atoms with van der Waals surface area (Å²) in [6.45, 7) is 10.0. The summed E-state index contributed by atoms with van der Waals surface area (Å²) < 4.78 is 0. The molecule has 0 saturated heterocycles. The van der Waals surface area contributed by atoms with Crippen LogP contribution in [0.4, 0.5) is 0 Å². The lowest BCUT2D eigenvalue weighted by atomic mass is 9.41. The number of aliphatic hydroxyl groups excluding tert-OH is 3. The van der Waals surface area contributed by atoms with Crippen molar-refractivity contribution in [1.82, 2.24) is 0 Å². The van der Waals surface area contributed by atoms with Gasteiger partial charge in [-0.1, -0.05) is 34.1 Å². The Balaban J connectivity index is 1.63. The van der Waals surface area contributed by atoms with E-state index in [-0.39, 0.29) is 12.2 Å². The molecule has 0 aliphatic heterocycles. The first kappa shape index (κ1) is 22.1. The van der Waals surface area contributed by atoms with Crippen LogP contribution in [0.25, 0.3) is 0 Å². The molecule has 4 aliphatic carbocycles. The zero-order chi connectivity index (χ0) is 21.0. The Bertz CT molecular complexity index is 578. The molecule has 4 rings (SSSR count). The van der Waals surface area contributed by atoms with Crippen LogP contribution in [0.1, 0.15) is 91.9 Å². The maximum atomic E-state index is 11.7. The molecule has 0 spiro atoms. The van der Waals surface area contributed by atoms with Crippen molar-refractivity contribution in [2.24, 2.45) is 52.3 Å². The smallest absolute Gasteiger partial charge is 0.0605 e. The summed E-state index contributed by atoms with van der Waals surface area (Å²) in [4.78, 5) is 0. The van der Waals surface area contributed by atoms with Crippen molar-refractivity contribution in [2.75, 3.05) is 6.61 Å². The predicted molar refractivity (Wildman–Crippen MR) is 117 cm³/mol. The molecule has 11 atom stereocenters. The molecule has 0 aromatic heterocycles. The lowest BCUT2D eigenvalue weighted by Gasteiger charge is -2.64. The highest BCUT2D eigenvalue weighted by molar-refractivity contribution is 5.13. The Labute approximate surface area is 178 Å². The van der Waals surface area contributed by atoms with E-state index in [1.807, 2.05) is 0 Å². The van der Waals surface area contributed by atoms with Gasteiger partial charge < -0.3 is 15.3 Å². The highest BCUT2D eigenvalue weighted by Crippen LogP contribution is 2.69. The Hall–Kier alpha value is -0.120. The van der Waals surface area contributed by atoms with Crippen molar-refractivity contribution in [1.29, 1.82) is 0 Å². The van der Waals surface area contributed by atoms with Gasteiger partial charge in [0.05, 0.1) is 12.2 Å². The largest absolute Gasteiger partial charge is 0.396 e.